The molecule has 35 heavy (non-hydrogen) atoms. The molecule has 0 heterocycles. The molecule has 1 unspecified atom stereocenters. The van der Waals surface area contributed by atoms with Crippen LogP contribution in [0, 0.1) is 0 Å². The normalized spacial score (nSPS) is 14.4. The quantitative estimate of drug-likeness (QED) is 0.0552. The minimum Gasteiger partial charge on any atom is -0.373 e. The molecule has 1 rings (SSSR count). The van der Waals surface area contributed by atoms with E-state index in [9.17, 15) is 0 Å². The van der Waals surface area contributed by atoms with Crippen LogP contribution in [0.15, 0.2) is 42.5 Å². The lowest BCUT2D eigenvalue weighted by molar-refractivity contribution is -0.151. The minimum atomic E-state index is -0.233. The molecule has 4 heteroatoms. The second kappa shape index (κ2) is 23.7. The number of hydrogen-bond acceptors (Lipinski definition) is 3. The number of allylic oxidation sites excluding steroid dienone is 1. The van der Waals surface area contributed by atoms with Gasteiger partial charge in [0.2, 0.25) is 0 Å². The molecule has 0 fully saturated rings. The number of ether oxygens (including phenoxy) is 3. The topological polar surface area (TPSA) is 27.7 Å². The van der Waals surface area contributed by atoms with Crippen LogP contribution in [-0.4, -0.2) is 30.4 Å². The fourth-order valence-electron chi connectivity index (χ4n) is 4.26. The summed E-state index contributed by atoms with van der Waals surface area (Å²) in [6, 6.07) is 10.5. The number of benzene rings is 1. The maximum Gasteiger partial charge on any atom is 0.167 e. The molecule has 0 aliphatic heterocycles. The Labute approximate surface area is 225 Å². The van der Waals surface area contributed by atoms with Crippen molar-refractivity contribution in [2.24, 2.45) is 0 Å². The zero-order valence-corrected chi connectivity index (χ0v) is 24.5. The van der Waals surface area contributed by atoms with Crippen LogP contribution < -0.4 is 0 Å². The van der Waals surface area contributed by atoms with Crippen LogP contribution in [-0.2, 0) is 20.8 Å². The number of alkyl halides is 1. The van der Waals surface area contributed by atoms with Gasteiger partial charge in [0, 0.05) is 13.0 Å². The Balaban J connectivity index is 2.68. The molecule has 202 valence electrons. The molecule has 0 aliphatic rings. The maximum absolute atomic E-state index is 6.47. The van der Waals surface area contributed by atoms with E-state index in [4.69, 9.17) is 14.2 Å². The SMILES string of the molecule is CCCCC/C=C/[C@H](C[C@@H](CCCCCCCCCC)OCc1ccccc1)OC(CBr)OCC. The van der Waals surface area contributed by atoms with Crippen molar-refractivity contribution < 1.29 is 14.2 Å². The van der Waals surface area contributed by atoms with Crippen molar-refractivity contribution in [1.82, 2.24) is 0 Å². The highest BCUT2D eigenvalue weighted by Gasteiger charge is 2.20. The van der Waals surface area contributed by atoms with Crippen LogP contribution in [0.5, 0.6) is 0 Å². The summed E-state index contributed by atoms with van der Waals surface area (Å²) in [6.07, 6.45) is 22.0. The molecular weight excluding hydrogens is 500 g/mol. The average molecular weight is 554 g/mol. The third-order valence-electron chi connectivity index (χ3n) is 6.33. The molecule has 0 N–H and O–H groups in total. The molecule has 1 aromatic rings. The summed E-state index contributed by atoms with van der Waals surface area (Å²) in [4.78, 5) is 0. The lowest BCUT2D eigenvalue weighted by atomic mass is 10.0. The third kappa shape index (κ3) is 18.2. The van der Waals surface area contributed by atoms with Crippen LogP contribution in [0.1, 0.15) is 116 Å². The molecule has 1 aromatic carbocycles. The summed E-state index contributed by atoms with van der Waals surface area (Å²) < 4.78 is 18.6. The predicted molar refractivity (Wildman–Crippen MR) is 154 cm³/mol. The van der Waals surface area contributed by atoms with Crippen LogP contribution in [0.4, 0.5) is 0 Å². The van der Waals surface area contributed by atoms with Gasteiger partial charge in [0.05, 0.1) is 24.1 Å². The van der Waals surface area contributed by atoms with Gasteiger partial charge >= 0.3 is 0 Å². The van der Waals surface area contributed by atoms with E-state index in [1.54, 1.807) is 0 Å². The van der Waals surface area contributed by atoms with Crippen molar-refractivity contribution in [3.63, 3.8) is 0 Å². The van der Waals surface area contributed by atoms with Gasteiger partial charge in [-0.3, -0.25) is 0 Å². The highest BCUT2D eigenvalue weighted by Crippen LogP contribution is 2.20. The van der Waals surface area contributed by atoms with E-state index < -0.39 is 0 Å². The highest BCUT2D eigenvalue weighted by atomic mass is 79.9. The second-order valence-electron chi connectivity index (χ2n) is 9.56. The van der Waals surface area contributed by atoms with Crippen molar-refractivity contribution >= 4 is 15.9 Å². The Morgan fingerprint density at radius 2 is 1.46 bits per heavy atom. The van der Waals surface area contributed by atoms with Crippen molar-refractivity contribution in [1.29, 1.82) is 0 Å². The van der Waals surface area contributed by atoms with Crippen LogP contribution >= 0.6 is 15.9 Å². The molecule has 0 aliphatic carbocycles. The van der Waals surface area contributed by atoms with E-state index in [-0.39, 0.29) is 18.5 Å². The molecule has 0 bridgehead atoms. The van der Waals surface area contributed by atoms with Gasteiger partial charge in [0.25, 0.3) is 0 Å². The van der Waals surface area contributed by atoms with Gasteiger partial charge in [-0.1, -0.05) is 136 Å². The highest BCUT2D eigenvalue weighted by molar-refractivity contribution is 9.09. The minimum absolute atomic E-state index is 0.000503. The zero-order valence-electron chi connectivity index (χ0n) is 22.9. The van der Waals surface area contributed by atoms with Crippen LogP contribution in [0.2, 0.25) is 0 Å². The van der Waals surface area contributed by atoms with Gasteiger partial charge in [-0.15, -0.1) is 0 Å². The van der Waals surface area contributed by atoms with Crippen molar-refractivity contribution in [2.75, 3.05) is 11.9 Å². The van der Waals surface area contributed by atoms with Crippen LogP contribution in [0.3, 0.4) is 0 Å². The smallest absolute Gasteiger partial charge is 0.167 e. The molecule has 3 nitrogen and oxygen atoms in total. The lowest BCUT2D eigenvalue weighted by Gasteiger charge is -2.26. The Morgan fingerprint density at radius 3 is 2.11 bits per heavy atom. The van der Waals surface area contributed by atoms with Crippen molar-refractivity contribution in [2.45, 2.75) is 136 Å². The summed E-state index contributed by atoms with van der Waals surface area (Å²) in [5, 5.41) is 0.675. The Hall–Kier alpha value is -0.680. The standard InChI is InChI=1S/C31H53BrO3/c1-4-7-9-11-12-13-15-19-23-29(34-27-28-21-17-16-18-22-28)25-30(24-20-14-10-8-5-2)35-31(26-32)33-6-3/h16-18,20-22,24,29-31H,4-15,19,23,25-27H2,1-3H3/b24-20+/t29-,30-,31?/m1/s1. The Morgan fingerprint density at radius 1 is 0.800 bits per heavy atom. The van der Waals surface area contributed by atoms with E-state index in [2.05, 4.69) is 72.3 Å². The van der Waals surface area contributed by atoms with E-state index in [0.717, 1.165) is 19.3 Å². The van der Waals surface area contributed by atoms with Crippen molar-refractivity contribution in [3.8, 4) is 0 Å². The van der Waals surface area contributed by atoms with Gasteiger partial charge in [0.15, 0.2) is 6.29 Å². The summed E-state index contributed by atoms with van der Waals surface area (Å²) in [5.41, 5.74) is 1.23. The van der Waals surface area contributed by atoms with Crippen LogP contribution in [0.25, 0.3) is 0 Å². The fraction of sp³-hybridized carbons (Fsp3) is 0.742. The number of rotatable bonds is 24. The summed E-state index contributed by atoms with van der Waals surface area (Å²) in [6.45, 7) is 7.85. The van der Waals surface area contributed by atoms with E-state index in [1.807, 2.05) is 6.92 Å². The van der Waals surface area contributed by atoms with E-state index in [1.165, 1.54) is 76.2 Å². The number of hydrogen-bond donors (Lipinski definition) is 0. The lowest BCUT2D eigenvalue weighted by Crippen LogP contribution is -2.29. The number of halogens is 1. The van der Waals surface area contributed by atoms with Gasteiger partial charge in [-0.25, -0.2) is 0 Å². The molecule has 0 spiro atoms. The predicted octanol–water partition coefficient (Wildman–Crippen LogP) is 9.77. The number of unbranched alkanes of at least 4 members (excludes halogenated alkanes) is 10. The third-order valence-corrected chi connectivity index (χ3v) is 6.86. The molecule has 0 aromatic heterocycles. The first kappa shape index (κ1) is 32.3. The Bertz CT molecular complexity index is 592. The maximum atomic E-state index is 6.47. The molecule has 0 amide bonds. The van der Waals surface area contributed by atoms with Gasteiger partial charge < -0.3 is 14.2 Å². The first-order valence-electron chi connectivity index (χ1n) is 14.4. The monoisotopic (exact) mass is 552 g/mol. The Kier molecular flexibility index (Phi) is 21.9. The summed E-state index contributed by atoms with van der Waals surface area (Å²) >= 11 is 3.55. The molecular formula is C31H53BrO3. The zero-order chi connectivity index (χ0) is 25.4. The van der Waals surface area contributed by atoms with E-state index in [0.29, 0.717) is 18.5 Å². The first-order chi connectivity index (χ1) is 17.2. The van der Waals surface area contributed by atoms with Gasteiger partial charge in [-0.2, -0.15) is 0 Å². The van der Waals surface area contributed by atoms with Gasteiger partial charge in [-0.05, 0) is 31.7 Å². The first-order valence-corrected chi connectivity index (χ1v) is 15.5. The van der Waals surface area contributed by atoms with E-state index >= 15 is 0 Å². The molecule has 0 radical (unpaired) electrons. The average Bonchev–Trinajstić information content (AvgIpc) is 2.88. The van der Waals surface area contributed by atoms with Gasteiger partial charge in [0.1, 0.15) is 0 Å². The molecule has 0 saturated carbocycles. The molecule has 0 saturated heterocycles. The fourth-order valence-corrected chi connectivity index (χ4v) is 4.60. The van der Waals surface area contributed by atoms with Crippen molar-refractivity contribution in [3.05, 3.63) is 48.0 Å². The summed E-state index contributed by atoms with van der Waals surface area (Å²) in [7, 11) is 0. The largest absolute Gasteiger partial charge is 0.373 e. The second-order valence-corrected chi connectivity index (χ2v) is 10.2. The molecule has 3 atom stereocenters. The summed E-state index contributed by atoms with van der Waals surface area (Å²) in [5.74, 6) is 0.